The summed E-state index contributed by atoms with van der Waals surface area (Å²) in [5, 5.41) is 8.45. The van der Waals surface area contributed by atoms with Crippen molar-refractivity contribution >= 4 is 0 Å². The van der Waals surface area contributed by atoms with Crippen molar-refractivity contribution in [1.82, 2.24) is 0 Å². The highest BCUT2D eigenvalue weighted by Crippen LogP contribution is 2.31. The molecule has 0 saturated carbocycles. The van der Waals surface area contributed by atoms with Crippen LogP contribution in [0.15, 0.2) is 0 Å². The molecule has 0 bridgehead atoms. The first-order chi connectivity index (χ1) is 8.83. The smallest absolute Gasteiger partial charge is 0.0701 e. The van der Waals surface area contributed by atoms with Crippen LogP contribution in [-0.2, 0) is 18.9 Å². The topological polar surface area (TPSA) is 57.2 Å². The van der Waals surface area contributed by atoms with Gasteiger partial charge in [-0.15, -0.1) is 0 Å². The Morgan fingerprint density at radius 1 is 1.06 bits per heavy atom. The lowest BCUT2D eigenvalue weighted by molar-refractivity contribution is -0.153. The molecule has 0 spiro atoms. The molecule has 0 aromatic carbocycles. The van der Waals surface area contributed by atoms with Crippen LogP contribution >= 0.6 is 0 Å². The van der Waals surface area contributed by atoms with E-state index in [1.165, 1.54) is 6.42 Å². The van der Waals surface area contributed by atoms with Crippen molar-refractivity contribution in [2.45, 2.75) is 19.8 Å². The fourth-order valence-corrected chi connectivity index (χ4v) is 1.50. The van der Waals surface area contributed by atoms with Gasteiger partial charge < -0.3 is 24.1 Å². The van der Waals surface area contributed by atoms with Crippen LogP contribution < -0.4 is 0 Å². The van der Waals surface area contributed by atoms with Crippen LogP contribution in [-0.4, -0.2) is 64.6 Å². The molecule has 2 rings (SSSR count). The highest BCUT2D eigenvalue weighted by molar-refractivity contribution is 4.83. The molecule has 0 aromatic rings. The van der Waals surface area contributed by atoms with Crippen LogP contribution in [0.4, 0.5) is 0 Å². The maximum absolute atomic E-state index is 8.45. The molecule has 2 saturated heterocycles. The second-order valence-corrected chi connectivity index (χ2v) is 4.70. The third-order valence-corrected chi connectivity index (χ3v) is 3.16. The molecule has 2 heterocycles. The molecule has 2 aliphatic rings. The van der Waals surface area contributed by atoms with Crippen LogP contribution in [0, 0.1) is 5.41 Å². The number of aliphatic hydroxyl groups is 1. The van der Waals surface area contributed by atoms with E-state index < -0.39 is 0 Å². The van der Waals surface area contributed by atoms with Crippen LogP contribution in [0.2, 0.25) is 0 Å². The number of hydrogen-bond donors (Lipinski definition) is 1. The highest BCUT2D eigenvalue weighted by atomic mass is 16.5. The summed E-state index contributed by atoms with van der Waals surface area (Å²) >= 11 is 0. The molecule has 0 atom stereocenters. The summed E-state index contributed by atoms with van der Waals surface area (Å²) in [6.07, 6.45) is 2.38. The molecule has 0 aliphatic carbocycles. The highest BCUT2D eigenvalue weighted by Gasteiger charge is 2.36. The molecular formula is C13H26O5. The largest absolute Gasteiger partial charge is 0.394 e. The van der Waals surface area contributed by atoms with Crippen molar-refractivity contribution in [3.63, 3.8) is 0 Å². The van der Waals surface area contributed by atoms with Crippen LogP contribution in [0.25, 0.3) is 0 Å². The molecule has 0 amide bonds. The van der Waals surface area contributed by atoms with Crippen molar-refractivity contribution < 1.29 is 24.1 Å². The molecular weight excluding hydrogens is 236 g/mol. The van der Waals surface area contributed by atoms with Gasteiger partial charge >= 0.3 is 0 Å². The van der Waals surface area contributed by atoms with Gasteiger partial charge in [0.25, 0.3) is 0 Å². The van der Waals surface area contributed by atoms with E-state index in [0.29, 0.717) is 19.8 Å². The number of rotatable bonds is 8. The summed E-state index contributed by atoms with van der Waals surface area (Å²) in [5.41, 5.74) is 0.261. The molecule has 0 unspecified atom stereocenters. The Balaban J connectivity index is 0.000000341. The molecule has 0 aromatic heterocycles. The van der Waals surface area contributed by atoms with Gasteiger partial charge in [0, 0.05) is 18.6 Å². The Morgan fingerprint density at radius 2 is 1.67 bits per heavy atom. The lowest BCUT2D eigenvalue weighted by Gasteiger charge is -2.40. The minimum absolute atomic E-state index is 0.0761. The SMILES string of the molecule is C1COC1.CCC1(COCCOCCO)COC1. The van der Waals surface area contributed by atoms with E-state index in [-0.39, 0.29) is 12.0 Å². The fraction of sp³-hybridized carbons (Fsp3) is 1.00. The van der Waals surface area contributed by atoms with Crippen LogP contribution in [0.1, 0.15) is 19.8 Å². The molecule has 0 radical (unpaired) electrons. The van der Waals surface area contributed by atoms with Gasteiger partial charge in [-0.25, -0.2) is 0 Å². The maximum atomic E-state index is 8.45. The normalized spacial score (nSPS) is 20.3. The lowest BCUT2D eigenvalue weighted by atomic mass is 9.84. The number of hydrogen-bond acceptors (Lipinski definition) is 5. The van der Waals surface area contributed by atoms with Gasteiger partial charge in [0.05, 0.1) is 46.2 Å². The molecule has 5 heteroatoms. The van der Waals surface area contributed by atoms with Gasteiger partial charge in [-0.3, -0.25) is 0 Å². The fourth-order valence-electron chi connectivity index (χ4n) is 1.50. The molecule has 18 heavy (non-hydrogen) atoms. The van der Waals surface area contributed by atoms with Gasteiger partial charge in [-0.1, -0.05) is 6.92 Å². The number of ether oxygens (including phenoxy) is 4. The lowest BCUT2D eigenvalue weighted by Crippen LogP contribution is -2.45. The first-order valence-electron chi connectivity index (χ1n) is 6.75. The minimum Gasteiger partial charge on any atom is -0.394 e. The predicted molar refractivity (Wildman–Crippen MR) is 67.7 cm³/mol. The Bertz CT molecular complexity index is 180. The summed E-state index contributed by atoms with van der Waals surface area (Å²) in [4.78, 5) is 0. The van der Waals surface area contributed by atoms with Gasteiger partial charge in [-0.05, 0) is 12.8 Å². The summed E-state index contributed by atoms with van der Waals surface area (Å²) in [7, 11) is 0. The van der Waals surface area contributed by atoms with E-state index >= 15 is 0 Å². The maximum Gasteiger partial charge on any atom is 0.0701 e. The zero-order chi connectivity index (χ0) is 13.1. The van der Waals surface area contributed by atoms with E-state index in [1.54, 1.807) is 0 Å². The summed E-state index contributed by atoms with van der Waals surface area (Å²) < 4.78 is 20.5. The zero-order valence-corrected chi connectivity index (χ0v) is 11.4. The van der Waals surface area contributed by atoms with E-state index in [0.717, 1.165) is 39.5 Å². The van der Waals surface area contributed by atoms with Crippen LogP contribution in [0.5, 0.6) is 0 Å². The van der Waals surface area contributed by atoms with E-state index in [4.69, 9.17) is 24.1 Å². The zero-order valence-electron chi connectivity index (χ0n) is 11.4. The van der Waals surface area contributed by atoms with Gasteiger partial charge in [-0.2, -0.15) is 0 Å². The summed E-state index contributed by atoms with van der Waals surface area (Å²) in [6.45, 7) is 8.18. The summed E-state index contributed by atoms with van der Waals surface area (Å²) in [6, 6.07) is 0. The third kappa shape index (κ3) is 6.11. The quantitative estimate of drug-likeness (QED) is 0.657. The van der Waals surface area contributed by atoms with Crippen molar-refractivity contribution in [2.75, 3.05) is 59.5 Å². The minimum atomic E-state index is 0.0761. The van der Waals surface area contributed by atoms with Gasteiger partial charge in [0.1, 0.15) is 0 Å². The van der Waals surface area contributed by atoms with E-state index in [2.05, 4.69) is 6.92 Å². The van der Waals surface area contributed by atoms with Gasteiger partial charge in [0.15, 0.2) is 0 Å². The second kappa shape index (κ2) is 9.69. The van der Waals surface area contributed by atoms with Gasteiger partial charge in [0.2, 0.25) is 0 Å². The molecule has 5 nitrogen and oxygen atoms in total. The standard InChI is InChI=1S/C10H20O4.C3H6O/c1-2-10(8-14-9-10)7-13-6-5-12-4-3-11;1-2-4-3-1/h11H,2-9H2,1H3;1-3H2. The Kier molecular flexibility index (Phi) is 8.54. The molecule has 1 N–H and O–H groups in total. The Hall–Kier alpha value is -0.200. The summed E-state index contributed by atoms with van der Waals surface area (Å²) in [5.74, 6) is 0. The van der Waals surface area contributed by atoms with Crippen molar-refractivity contribution in [3.8, 4) is 0 Å². The number of aliphatic hydroxyl groups excluding tert-OH is 1. The predicted octanol–water partition coefficient (Wildman–Crippen LogP) is 0.845. The average Bonchev–Trinajstić information content (AvgIpc) is 2.24. The van der Waals surface area contributed by atoms with E-state index in [1.807, 2.05) is 0 Å². The van der Waals surface area contributed by atoms with Crippen molar-refractivity contribution in [2.24, 2.45) is 5.41 Å². The van der Waals surface area contributed by atoms with E-state index in [9.17, 15) is 0 Å². The van der Waals surface area contributed by atoms with Crippen LogP contribution in [0.3, 0.4) is 0 Å². The molecule has 2 fully saturated rings. The molecule has 2 aliphatic heterocycles. The second-order valence-electron chi connectivity index (χ2n) is 4.70. The first kappa shape index (κ1) is 15.9. The van der Waals surface area contributed by atoms with Crippen molar-refractivity contribution in [3.05, 3.63) is 0 Å². The Morgan fingerprint density at radius 3 is 2.06 bits per heavy atom. The van der Waals surface area contributed by atoms with Crippen molar-refractivity contribution in [1.29, 1.82) is 0 Å². The third-order valence-electron chi connectivity index (χ3n) is 3.16. The Labute approximate surface area is 109 Å². The first-order valence-corrected chi connectivity index (χ1v) is 6.75. The average molecular weight is 262 g/mol. The molecule has 108 valence electrons. The monoisotopic (exact) mass is 262 g/mol.